The Hall–Kier alpha value is -1.23. The van der Waals surface area contributed by atoms with Gasteiger partial charge >= 0.3 is 0 Å². The molecule has 1 saturated heterocycles. The van der Waals surface area contributed by atoms with E-state index in [1.807, 2.05) is 13.0 Å². The molecule has 2 fully saturated rings. The van der Waals surface area contributed by atoms with E-state index in [9.17, 15) is 14.0 Å². The maximum absolute atomic E-state index is 14.5. The van der Waals surface area contributed by atoms with E-state index in [2.05, 4.69) is 0 Å². The summed E-state index contributed by atoms with van der Waals surface area (Å²) in [6, 6.07) is 3.65. The highest BCUT2D eigenvalue weighted by Gasteiger charge is 2.57. The van der Waals surface area contributed by atoms with Crippen molar-refractivity contribution in [1.82, 2.24) is 4.90 Å². The van der Waals surface area contributed by atoms with Gasteiger partial charge in [0.25, 0.3) is 5.91 Å². The molecular weight excluding hydrogens is 253 g/mol. The predicted molar refractivity (Wildman–Crippen MR) is 66.5 cm³/mol. The van der Waals surface area contributed by atoms with Crippen LogP contribution in [0.1, 0.15) is 27.4 Å². The third kappa shape index (κ3) is 1.61. The Labute approximate surface area is 109 Å². The average molecular weight is 267 g/mol. The van der Waals surface area contributed by atoms with Crippen LogP contribution in [0.5, 0.6) is 0 Å². The highest BCUT2D eigenvalue weighted by Crippen LogP contribution is 2.42. The summed E-state index contributed by atoms with van der Waals surface area (Å²) in [4.78, 5) is 27.0. The Balaban J connectivity index is 1.81. The van der Waals surface area contributed by atoms with Crippen molar-refractivity contribution in [3.8, 4) is 0 Å². The van der Waals surface area contributed by atoms with Gasteiger partial charge in [-0.1, -0.05) is 0 Å². The van der Waals surface area contributed by atoms with E-state index in [4.69, 9.17) is 0 Å². The first-order valence-electron chi connectivity index (χ1n) is 6.08. The molecular formula is C13H14FNO2S. The molecule has 1 aromatic heterocycles. The van der Waals surface area contributed by atoms with Crippen molar-refractivity contribution in [1.29, 1.82) is 0 Å². The number of rotatable bonds is 1. The SMILES string of the molecule is Cc1ccc(C(=O)N2C[C@@H]3CCC(=O)[C@]3(F)C2)s1. The minimum Gasteiger partial charge on any atom is -0.334 e. The maximum Gasteiger partial charge on any atom is 0.264 e. The monoisotopic (exact) mass is 267 g/mol. The molecule has 2 atom stereocenters. The number of amides is 1. The molecule has 0 unspecified atom stereocenters. The van der Waals surface area contributed by atoms with Crippen LogP contribution in [0.2, 0.25) is 0 Å². The minimum atomic E-state index is -1.78. The van der Waals surface area contributed by atoms with E-state index in [1.165, 1.54) is 16.2 Å². The molecule has 0 spiro atoms. The maximum atomic E-state index is 14.5. The van der Waals surface area contributed by atoms with Crippen LogP contribution in [-0.2, 0) is 4.79 Å². The van der Waals surface area contributed by atoms with E-state index in [-0.39, 0.29) is 24.2 Å². The number of hydrogen-bond donors (Lipinski definition) is 0. The number of ketones is 1. The standard InChI is InChI=1S/C13H14FNO2S/c1-8-2-4-10(18-8)12(17)15-6-9-3-5-11(16)13(9,14)7-15/h2,4,9H,3,5-7H2,1H3/t9-,13-/m0/s1. The van der Waals surface area contributed by atoms with Gasteiger partial charge in [-0.15, -0.1) is 11.3 Å². The van der Waals surface area contributed by atoms with Crippen molar-refractivity contribution >= 4 is 23.0 Å². The van der Waals surface area contributed by atoms with Gasteiger partial charge < -0.3 is 4.90 Å². The second-order valence-corrected chi connectivity index (χ2v) is 6.41. The van der Waals surface area contributed by atoms with Crippen LogP contribution in [0, 0.1) is 12.8 Å². The molecule has 5 heteroatoms. The van der Waals surface area contributed by atoms with Crippen molar-refractivity contribution in [2.45, 2.75) is 25.4 Å². The fraction of sp³-hybridized carbons (Fsp3) is 0.538. The smallest absolute Gasteiger partial charge is 0.264 e. The van der Waals surface area contributed by atoms with E-state index >= 15 is 0 Å². The van der Waals surface area contributed by atoms with Crippen molar-refractivity contribution in [3.05, 3.63) is 21.9 Å². The van der Waals surface area contributed by atoms with Crippen molar-refractivity contribution < 1.29 is 14.0 Å². The van der Waals surface area contributed by atoms with Gasteiger partial charge in [-0.2, -0.15) is 0 Å². The fourth-order valence-corrected chi connectivity index (χ4v) is 3.73. The number of carbonyl (C=O) groups excluding carboxylic acids is 2. The highest BCUT2D eigenvalue weighted by molar-refractivity contribution is 7.13. The van der Waals surface area contributed by atoms with Crippen LogP contribution in [0.3, 0.4) is 0 Å². The van der Waals surface area contributed by atoms with Crippen LogP contribution in [0.4, 0.5) is 4.39 Å². The molecule has 0 N–H and O–H groups in total. The molecule has 1 aliphatic heterocycles. The Kier molecular flexibility index (Phi) is 2.55. The summed E-state index contributed by atoms with van der Waals surface area (Å²) in [7, 11) is 0. The van der Waals surface area contributed by atoms with Crippen LogP contribution >= 0.6 is 11.3 Å². The van der Waals surface area contributed by atoms with E-state index in [0.717, 1.165) is 4.88 Å². The zero-order valence-corrected chi connectivity index (χ0v) is 10.9. The molecule has 3 nitrogen and oxygen atoms in total. The Morgan fingerprint density at radius 2 is 2.33 bits per heavy atom. The normalized spacial score (nSPS) is 30.9. The van der Waals surface area contributed by atoms with Gasteiger partial charge in [-0.25, -0.2) is 4.39 Å². The van der Waals surface area contributed by atoms with Crippen LogP contribution in [-0.4, -0.2) is 35.3 Å². The zero-order chi connectivity index (χ0) is 12.9. The summed E-state index contributed by atoms with van der Waals surface area (Å²) in [5.74, 6) is -0.771. The number of halogens is 1. The van der Waals surface area contributed by atoms with Gasteiger partial charge in [0.05, 0.1) is 11.4 Å². The summed E-state index contributed by atoms with van der Waals surface area (Å²) in [6.45, 7) is 2.24. The number of Topliss-reactive ketones (excluding diaryl/α,β-unsaturated/α-hetero) is 1. The molecule has 1 aromatic rings. The van der Waals surface area contributed by atoms with Crippen LogP contribution < -0.4 is 0 Å². The second-order valence-electron chi connectivity index (χ2n) is 5.12. The lowest BCUT2D eigenvalue weighted by molar-refractivity contribution is -0.127. The molecule has 3 rings (SSSR count). The van der Waals surface area contributed by atoms with Gasteiger partial charge in [0.2, 0.25) is 0 Å². The zero-order valence-electron chi connectivity index (χ0n) is 10.1. The van der Waals surface area contributed by atoms with Crippen molar-refractivity contribution in [2.75, 3.05) is 13.1 Å². The quantitative estimate of drug-likeness (QED) is 0.782. The Bertz CT molecular complexity index is 527. The first kappa shape index (κ1) is 11.8. The van der Waals surface area contributed by atoms with Gasteiger partial charge in [-0.3, -0.25) is 9.59 Å². The molecule has 0 radical (unpaired) electrons. The number of thiophene rings is 1. The number of likely N-dealkylation sites (tertiary alicyclic amines) is 1. The summed E-state index contributed by atoms with van der Waals surface area (Å²) < 4.78 is 14.5. The topological polar surface area (TPSA) is 37.4 Å². The third-order valence-corrected chi connectivity index (χ3v) is 4.92. The van der Waals surface area contributed by atoms with Crippen LogP contribution in [0.25, 0.3) is 0 Å². The van der Waals surface area contributed by atoms with Crippen molar-refractivity contribution in [2.24, 2.45) is 5.92 Å². The molecule has 1 saturated carbocycles. The predicted octanol–water partition coefficient (Wildman–Crippen LogP) is 2.20. The number of carbonyl (C=O) groups is 2. The summed E-state index contributed by atoms with van der Waals surface area (Å²) >= 11 is 1.41. The van der Waals surface area contributed by atoms with E-state index in [0.29, 0.717) is 24.3 Å². The number of fused-ring (bicyclic) bond motifs is 1. The molecule has 18 heavy (non-hydrogen) atoms. The van der Waals surface area contributed by atoms with Gasteiger partial charge in [0.1, 0.15) is 0 Å². The van der Waals surface area contributed by atoms with Gasteiger partial charge in [-0.05, 0) is 25.5 Å². The molecule has 2 heterocycles. The van der Waals surface area contributed by atoms with Gasteiger partial charge in [0.15, 0.2) is 11.5 Å². The number of hydrogen-bond acceptors (Lipinski definition) is 3. The van der Waals surface area contributed by atoms with Crippen molar-refractivity contribution in [3.63, 3.8) is 0 Å². The largest absolute Gasteiger partial charge is 0.334 e. The van der Waals surface area contributed by atoms with Gasteiger partial charge in [0, 0.05) is 23.8 Å². The molecule has 2 aliphatic rings. The summed E-state index contributed by atoms with van der Waals surface area (Å²) in [5.41, 5.74) is -1.78. The van der Waals surface area contributed by atoms with Crippen LogP contribution in [0.15, 0.2) is 12.1 Å². The highest BCUT2D eigenvalue weighted by atomic mass is 32.1. The first-order chi connectivity index (χ1) is 8.50. The molecule has 1 aliphatic carbocycles. The van der Waals surface area contributed by atoms with E-state index in [1.54, 1.807) is 6.07 Å². The average Bonchev–Trinajstić information content (AvgIpc) is 2.96. The fourth-order valence-electron chi connectivity index (χ4n) is 2.89. The first-order valence-corrected chi connectivity index (χ1v) is 6.90. The lowest BCUT2D eigenvalue weighted by Gasteiger charge is -2.17. The lowest BCUT2D eigenvalue weighted by atomic mass is 9.96. The summed E-state index contributed by atoms with van der Waals surface area (Å²) in [5, 5.41) is 0. The number of alkyl halides is 1. The third-order valence-electron chi connectivity index (χ3n) is 3.93. The minimum absolute atomic E-state index is 0.0632. The number of aryl methyl sites for hydroxylation is 1. The molecule has 96 valence electrons. The van der Waals surface area contributed by atoms with E-state index < -0.39 is 5.67 Å². The Morgan fingerprint density at radius 3 is 2.94 bits per heavy atom. The molecule has 0 aromatic carbocycles. The molecule has 0 bridgehead atoms. The lowest BCUT2D eigenvalue weighted by Crippen LogP contribution is -2.38. The number of nitrogens with zero attached hydrogens (tertiary/aromatic N) is 1. The Morgan fingerprint density at radius 1 is 1.56 bits per heavy atom. The molecule has 1 amide bonds. The second kappa shape index (κ2) is 3.88. The summed E-state index contributed by atoms with van der Waals surface area (Å²) in [6.07, 6.45) is 0.893.